The molecule has 3 aliphatic heterocycles. The van der Waals surface area contributed by atoms with Crippen LogP contribution in [0.1, 0.15) is 31.4 Å². The average molecular weight is 407 g/mol. The molecule has 3 heterocycles. The predicted molar refractivity (Wildman–Crippen MR) is 101 cm³/mol. The Morgan fingerprint density at radius 1 is 1.41 bits per heavy atom. The first kappa shape index (κ1) is 19.8. The maximum absolute atomic E-state index is 14.4. The average Bonchev–Trinajstić information content (AvgIpc) is 2.66. The number of carboxylic acids is 1. The lowest BCUT2D eigenvalue weighted by Gasteiger charge is -2.46. The Balaban J connectivity index is 1.79. The van der Waals surface area contributed by atoms with Crippen LogP contribution in [0.5, 0.6) is 5.75 Å². The van der Waals surface area contributed by atoms with Gasteiger partial charge in [-0.3, -0.25) is 9.29 Å². The molecule has 1 saturated heterocycles. The quantitative estimate of drug-likeness (QED) is 0.582. The van der Waals surface area contributed by atoms with E-state index >= 15 is 0 Å². The summed E-state index contributed by atoms with van der Waals surface area (Å²) in [4.78, 5) is 27.7. The number of carboxylic acid groups (broad SMARTS) is 1. The summed E-state index contributed by atoms with van der Waals surface area (Å²) < 4.78 is 32.4. The second-order valence-corrected chi connectivity index (χ2v) is 7.82. The highest BCUT2D eigenvalue weighted by molar-refractivity contribution is 5.96. The van der Waals surface area contributed by atoms with Gasteiger partial charge in [0.2, 0.25) is 0 Å². The summed E-state index contributed by atoms with van der Waals surface area (Å²) in [6.07, 6.45) is 2.43. The number of benzene rings is 1. The molecule has 3 N–H and O–H groups in total. The van der Waals surface area contributed by atoms with Crippen molar-refractivity contribution >= 4 is 17.6 Å². The van der Waals surface area contributed by atoms with Crippen LogP contribution >= 0.6 is 0 Å². The third-order valence-corrected chi connectivity index (χ3v) is 6.09. The number of nitrogens with zero attached hydrogens (tertiary/aromatic N) is 2. The molecular formula is C20H23F2N3O4. The maximum Gasteiger partial charge on any atom is 0.335 e. The molecule has 4 rings (SSSR count). The van der Waals surface area contributed by atoms with Crippen molar-refractivity contribution in [3.63, 3.8) is 0 Å². The van der Waals surface area contributed by atoms with Gasteiger partial charge in [0.1, 0.15) is 11.9 Å². The van der Waals surface area contributed by atoms with Gasteiger partial charge in [0.15, 0.2) is 5.75 Å². The number of hydrogen-bond donors (Lipinski definition) is 2. The Morgan fingerprint density at radius 3 is 2.83 bits per heavy atom. The fourth-order valence-electron chi connectivity index (χ4n) is 4.58. The van der Waals surface area contributed by atoms with Gasteiger partial charge in [-0.2, -0.15) is 0 Å². The van der Waals surface area contributed by atoms with Crippen molar-refractivity contribution in [2.24, 2.45) is 11.7 Å². The van der Waals surface area contributed by atoms with Crippen LogP contribution in [0.15, 0.2) is 23.9 Å². The van der Waals surface area contributed by atoms with Crippen LogP contribution in [-0.2, 0) is 9.59 Å². The first-order valence-electron chi connectivity index (χ1n) is 9.66. The number of aliphatic carboxylic acids is 1. The maximum atomic E-state index is 14.4. The summed E-state index contributed by atoms with van der Waals surface area (Å²) in [5.74, 6) is -2.25. The highest BCUT2D eigenvalue weighted by Gasteiger charge is 2.44. The smallest absolute Gasteiger partial charge is 0.335 e. The summed E-state index contributed by atoms with van der Waals surface area (Å²) in [5.41, 5.74) is 7.19. The molecule has 0 bridgehead atoms. The number of alkyl halides is 1. The van der Waals surface area contributed by atoms with Crippen molar-refractivity contribution in [1.82, 2.24) is 4.90 Å². The highest BCUT2D eigenvalue weighted by Crippen LogP contribution is 2.48. The summed E-state index contributed by atoms with van der Waals surface area (Å²) in [5, 5.41) is 9.88. The second kappa shape index (κ2) is 7.38. The molecule has 156 valence electrons. The number of anilines is 1. The molecule has 0 spiro atoms. The third kappa shape index (κ3) is 3.28. The van der Waals surface area contributed by atoms with Gasteiger partial charge in [-0.1, -0.05) is 0 Å². The number of likely N-dealkylation sites (tertiary alicyclic amines) is 1. The largest absolute Gasteiger partial charge is 0.478 e. The van der Waals surface area contributed by atoms with Crippen LogP contribution in [0, 0.1) is 11.7 Å². The minimum absolute atomic E-state index is 0.0241. The van der Waals surface area contributed by atoms with Crippen LogP contribution in [0.4, 0.5) is 14.5 Å². The number of piperidine rings is 1. The van der Waals surface area contributed by atoms with Crippen molar-refractivity contribution in [3.8, 4) is 5.75 Å². The number of carbonyl (C=O) groups is 2. The molecule has 1 fully saturated rings. The van der Waals surface area contributed by atoms with Crippen molar-refractivity contribution in [3.05, 3.63) is 35.3 Å². The summed E-state index contributed by atoms with van der Waals surface area (Å²) in [6, 6.07) is 0.631. The van der Waals surface area contributed by atoms with Crippen LogP contribution in [0.25, 0.3) is 0 Å². The molecular weight excluding hydrogens is 384 g/mol. The van der Waals surface area contributed by atoms with Crippen molar-refractivity contribution in [1.29, 1.82) is 0 Å². The molecule has 0 aromatic heterocycles. The third-order valence-electron chi connectivity index (χ3n) is 6.09. The molecule has 0 aliphatic carbocycles. The minimum atomic E-state index is -1.16. The lowest BCUT2D eigenvalue weighted by atomic mass is 9.85. The number of hydrogen-bond acceptors (Lipinski definition) is 6. The van der Waals surface area contributed by atoms with E-state index < -0.39 is 36.5 Å². The van der Waals surface area contributed by atoms with Gasteiger partial charge in [0.05, 0.1) is 24.0 Å². The number of ether oxygens (including phenoxy) is 1. The van der Waals surface area contributed by atoms with Gasteiger partial charge in [-0.15, -0.1) is 0 Å². The standard InChI is InChI=1S/C20H23F2N3O4/c1-10-20(28)29-16-7-12(22)6-13-17(14(19(26)27)8-25(10)18(13)16)24-5-3-11(2-4-21)15(23)9-24/h6-8,10-11,15,17H,2-5,9,23H2,1H3,(H,26,27)/t10-,11-,15-,17?/m0/s1. The zero-order valence-electron chi connectivity index (χ0n) is 16.0. The molecule has 1 aromatic carbocycles. The van der Waals surface area contributed by atoms with Crippen LogP contribution < -0.4 is 15.4 Å². The monoisotopic (exact) mass is 407 g/mol. The van der Waals surface area contributed by atoms with Gasteiger partial charge >= 0.3 is 11.9 Å². The Hall–Kier alpha value is -2.52. The number of carbonyl (C=O) groups excluding carboxylic acids is 1. The predicted octanol–water partition coefficient (Wildman–Crippen LogP) is 1.97. The van der Waals surface area contributed by atoms with E-state index in [1.807, 2.05) is 4.90 Å². The summed E-state index contributed by atoms with van der Waals surface area (Å²) in [6.45, 7) is 2.03. The molecule has 4 atom stereocenters. The molecule has 29 heavy (non-hydrogen) atoms. The molecule has 1 aromatic rings. The SMILES string of the molecule is C[C@H]1C(=O)Oc2cc(F)cc3c2N1C=C(C(=O)O)C3N1CC[C@H](CCF)[C@@H](N)C1. The highest BCUT2D eigenvalue weighted by atomic mass is 19.1. The van der Waals surface area contributed by atoms with Gasteiger partial charge in [-0.05, 0) is 38.3 Å². The molecule has 9 heteroatoms. The van der Waals surface area contributed by atoms with E-state index in [0.29, 0.717) is 37.2 Å². The van der Waals surface area contributed by atoms with Crippen LogP contribution in [-0.4, -0.2) is 53.8 Å². The number of esters is 1. The van der Waals surface area contributed by atoms with Crippen molar-refractivity contribution in [2.45, 2.75) is 37.9 Å². The second-order valence-electron chi connectivity index (χ2n) is 7.82. The van der Waals surface area contributed by atoms with E-state index in [2.05, 4.69) is 0 Å². The first-order valence-corrected chi connectivity index (χ1v) is 9.66. The Kier molecular flexibility index (Phi) is 5.04. The number of rotatable bonds is 4. The van der Waals surface area contributed by atoms with E-state index in [9.17, 15) is 23.5 Å². The van der Waals surface area contributed by atoms with Gasteiger partial charge in [0.25, 0.3) is 0 Å². The fourth-order valence-corrected chi connectivity index (χ4v) is 4.58. The fraction of sp³-hybridized carbons (Fsp3) is 0.500. The molecule has 0 amide bonds. The van der Waals surface area contributed by atoms with Crippen LogP contribution in [0.3, 0.4) is 0 Å². The zero-order valence-corrected chi connectivity index (χ0v) is 16.0. The van der Waals surface area contributed by atoms with Gasteiger partial charge in [0, 0.05) is 30.4 Å². The van der Waals surface area contributed by atoms with E-state index in [4.69, 9.17) is 10.5 Å². The number of halogens is 2. The normalized spacial score (nSPS) is 29.2. The molecule has 7 nitrogen and oxygen atoms in total. The number of nitrogens with two attached hydrogens (primary N) is 1. The summed E-state index contributed by atoms with van der Waals surface area (Å²) in [7, 11) is 0. The summed E-state index contributed by atoms with van der Waals surface area (Å²) >= 11 is 0. The van der Waals surface area contributed by atoms with E-state index in [0.717, 1.165) is 6.07 Å². The van der Waals surface area contributed by atoms with E-state index in [1.165, 1.54) is 17.2 Å². The topological polar surface area (TPSA) is 96.1 Å². The Labute approximate surface area is 166 Å². The molecule has 3 aliphatic rings. The zero-order chi connectivity index (χ0) is 20.9. The van der Waals surface area contributed by atoms with Crippen molar-refractivity contribution in [2.75, 3.05) is 24.7 Å². The lowest BCUT2D eigenvalue weighted by molar-refractivity contribution is -0.137. The van der Waals surface area contributed by atoms with E-state index in [-0.39, 0.29) is 23.3 Å². The molecule has 1 unspecified atom stereocenters. The molecule has 0 saturated carbocycles. The Bertz CT molecular complexity index is 891. The molecule has 0 radical (unpaired) electrons. The first-order chi connectivity index (χ1) is 13.8. The minimum Gasteiger partial charge on any atom is -0.478 e. The van der Waals surface area contributed by atoms with Gasteiger partial charge < -0.3 is 20.5 Å². The Morgan fingerprint density at radius 2 is 2.17 bits per heavy atom. The van der Waals surface area contributed by atoms with Crippen molar-refractivity contribution < 1.29 is 28.2 Å². The van der Waals surface area contributed by atoms with Gasteiger partial charge in [-0.25, -0.2) is 14.0 Å². The van der Waals surface area contributed by atoms with E-state index in [1.54, 1.807) is 6.92 Å². The van der Waals surface area contributed by atoms with Crippen LogP contribution in [0.2, 0.25) is 0 Å². The lowest BCUT2D eigenvalue weighted by Crippen LogP contribution is -2.52.